The van der Waals surface area contributed by atoms with Crippen LogP contribution >= 0.6 is 11.6 Å². The molecule has 0 atom stereocenters. The van der Waals surface area contributed by atoms with Crippen LogP contribution < -0.4 is 10.7 Å². The first kappa shape index (κ1) is 14.5. The van der Waals surface area contributed by atoms with E-state index in [0.29, 0.717) is 10.7 Å². The average Bonchev–Trinajstić information content (AvgIpc) is 2.90. The van der Waals surface area contributed by atoms with Crippen molar-refractivity contribution in [1.29, 1.82) is 0 Å². The van der Waals surface area contributed by atoms with Crippen LogP contribution in [-0.2, 0) is 0 Å². The molecular weight excluding hydrogens is 300 g/mol. The third kappa shape index (κ3) is 4.32. The zero-order valence-corrected chi connectivity index (χ0v) is 11.2. The fourth-order valence-electron chi connectivity index (χ4n) is 1.36. The van der Waals surface area contributed by atoms with Gasteiger partial charge in [0.25, 0.3) is 0 Å². The summed E-state index contributed by atoms with van der Waals surface area (Å²) in [6.45, 7) is 0. The van der Waals surface area contributed by atoms with E-state index in [1.165, 1.54) is 12.1 Å². The predicted molar refractivity (Wildman–Crippen MR) is 76.6 cm³/mol. The number of nitro groups is 1. The van der Waals surface area contributed by atoms with E-state index >= 15 is 0 Å². The van der Waals surface area contributed by atoms with Crippen molar-refractivity contribution in [3.05, 3.63) is 57.3 Å². The minimum absolute atomic E-state index is 0.147. The Morgan fingerprint density at radius 3 is 2.62 bits per heavy atom. The van der Waals surface area contributed by atoms with E-state index in [0.717, 1.165) is 6.21 Å². The minimum atomic E-state index is -0.669. The van der Waals surface area contributed by atoms with E-state index in [-0.39, 0.29) is 5.76 Å². The third-order valence-electron chi connectivity index (χ3n) is 2.25. The van der Waals surface area contributed by atoms with Gasteiger partial charge in [-0.15, -0.1) is 0 Å². The highest BCUT2D eigenvalue weighted by molar-refractivity contribution is 6.30. The Kier molecular flexibility index (Phi) is 4.52. The molecule has 9 heteroatoms. The normalized spacial score (nSPS) is 10.5. The number of hydrazone groups is 1. The van der Waals surface area contributed by atoms with Crippen LogP contribution in [0.2, 0.25) is 5.02 Å². The lowest BCUT2D eigenvalue weighted by molar-refractivity contribution is -0.402. The third-order valence-corrected chi connectivity index (χ3v) is 2.50. The maximum absolute atomic E-state index is 11.5. The fraction of sp³-hybridized carbons (Fsp3) is 0. The van der Waals surface area contributed by atoms with Gasteiger partial charge in [-0.25, -0.2) is 10.2 Å². The van der Waals surface area contributed by atoms with Gasteiger partial charge in [-0.1, -0.05) is 11.6 Å². The second kappa shape index (κ2) is 6.53. The maximum atomic E-state index is 11.5. The summed E-state index contributed by atoms with van der Waals surface area (Å²) in [7, 11) is 0. The number of amides is 2. The Balaban J connectivity index is 1.86. The van der Waals surface area contributed by atoms with Gasteiger partial charge >= 0.3 is 11.9 Å². The van der Waals surface area contributed by atoms with Crippen molar-refractivity contribution < 1.29 is 14.1 Å². The predicted octanol–water partition coefficient (Wildman–Crippen LogP) is 3.00. The topological polar surface area (TPSA) is 110 Å². The monoisotopic (exact) mass is 308 g/mol. The van der Waals surface area contributed by atoms with E-state index < -0.39 is 16.8 Å². The molecule has 2 amide bonds. The quantitative estimate of drug-likeness (QED) is 0.514. The number of halogens is 1. The summed E-state index contributed by atoms with van der Waals surface area (Å²) in [6, 6.07) is 8.48. The lowest BCUT2D eigenvalue weighted by Crippen LogP contribution is -2.24. The molecule has 0 unspecified atom stereocenters. The zero-order valence-electron chi connectivity index (χ0n) is 10.4. The number of hydrogen-bond donors (Lipinski definition) is 2. The van der Waals surface area contributed by atoms with Crippen LogP contribution in [-0.4, -0.2) is 17.2 Å². The van der Waals surface area contributed by atoms with Crippen LogP contribution in [0.1, 0.15) is 5.76 Å². The van der Waals surface area contributed by atoms with Gasteiger partial charge in [0.2, 0.25) is 0 Å². The first-order chi connectivity index (χ1) is 10.0. The van der Waals surface area contributed by atoms with Gasteiger partial charge < -0.3 is 9.73 Å². The Morgan fingerprint density at radius 2 is 2.00 bits per heavy atom. The van der Waals surface area contributed by atoms with Crippen molar-refractivity contribution in [3.63, 3.8) is 0 Å². The summed E-state index contributed by atoms with van der Waals surface area (Å²) >= 11 is 5.71. The molecule has 0 bridgehead atoms. The second-order valence-corrected chi connectivity index (χ2v) is 4.20. The summed E-state index contributed by atoms with van der Waals surface area (Å²) in [5, 5.41) is 17.1. The summed E-state index contributed by atoms with van der Waals surface area (Å²) in [5.74, 6) is -0.254. The molecule has 0 fully saturated rings. The zero-order chi connectivity index (χ0) is 15.2. The van der Waals surface area contributed by atoms with E-state index in [1.54, 1.807) is 24.3 Å². The van der Waals surface area contributed by atoms with Crippen molar-refractivity contribution in [1.82, 2.24) is 5.43 Å². The van der Waals surface area contributed by atoms with E-state index in [4.69, 9.17) is 16.0 Å². The number of benzene rings is 1. The molecule has 1 aromatic carbocycles. The number of hydrogen-bond acceptors (Lipinski definition) is 5. The molecule has 108 valence electrons. The number of rotatable bonds is 4. The van der Waals surface area contributed by atoms with Crippen LogP contribution in [0.15, 0.2) is 45.9 Å². The molecule has 0 aliphatic rings. The van der Waals surface area contributed by atoms with Gasteiger partial charge in [0.15, 0.2) is 5.76 Å². The largest absolute Gasteiger partial charge is 0.433 e. The molecule has 2 aromatic rings. The number of nitrogens with zero attached hydrogens (tertiary/aromatic N) is 2. The number of furan rings is 1. The first-order valence-corrected chi connectivity index (χ1v) is 6.02. The molecule has 0 aliphatic heterocycles. The van der Waals surface area contributed by atoms with Gasteiger partial charge in [0.1, 0.15) is 4.92 Å². The molecule has 0 aliphatic carbocycles. The molecule has 1 aromatic heterocycles. The molecular formula is C12H9ClN4O4. The van der Waals surface area contributed by atoms with Crippen LogP contribution in [0.5, 0.6) is 0 Å². The van der Waals surface area contributed by atoms with Crippen LogP contribution in [0, 0.1) is 10.1 Å². The summed E-state index contributed by atoms with van der Waals surface area (Å²) < 4.78 is 4.82. The van der Waals surface area contributed by atoms with E-state index in [1.807, 2.05) is 0 Å². The van der Waals surface area contributed by atoms with E-state index in [2.05, 4.69) is 15.8 Å². The van der Waals surface area contributed by atoms with Gasteiger partial charge in [0.05, 0.1) is 12.3 Å². The molecule has 0 radical (unpaired) electrons. The number of anilines is 1. The molecule has 21 heavy (non-hydrogen) atoms. The van der Waals surface area contributed by atoms with Crippen LogP contribution in [0.25, 0.3) is 0 Å². The van der Waals surface area contributed by atoms with E-state index in [9.17, 15) is 14.9 Å². The number of carbonyl (C=O) groups is 1. The number of nitrogens with one attached hydrogen (secondary N) is 2. The maximum Gasteiger partial charge on any atom is 0.433 e. The lowest BCUT2D eigenvalue weighted by atomic mass is 10.3. The smallest absolute Gasteiger partial charge is 0.400 e. The SMILES string of the molecule is O=C(N/N=C/c1ccc([N+](=O)[O-])o1)Nc1ccc(Cl)cc1. The molecule has 0 saturated heterocycles. The Hall–Kier alpha value is -2.87. The highest BCUT2D eigenvalue weighted by Gasteiger charge is 2.10. The average molecular weight is 309 g/mol. The molecule has 0 saturated carbocycles. The highest BCUT2D eigenvalue weighted by atomic mass is 35.5. The standard InChI is InChI=1S/C12H9ClN4O4/c13-8-1-3-9(4-2-8)15-12(18)16-14-7-10-5-6-11(21-10)17(19)20/h1-7H,(H2,15,16,18)/b14-7+. The van der Waals surface area contributed by atoms with Crippen molar-refractivity contribution in [2.45, 2.75) is 0 Å². The van der Waals surface area contributed by atoms with Crippen molar-refractivity contribution >= 4 is 35.4 Å². The second-order valence-electron chi connectivity index (χ2n) is 3.76. The number of urea groups is 1. The molecule has 0 spiro atoms. The van der Waals surface area contributed by atoms with Crippen molar-refractivity contribution in [3.8, 4) is 0 Å². The summed E-state index contributed by atoms with van der Waals surface area (Å²) in [6.07, 6.45) is 1.15. The van der Waals surface area contributed by atoms with Crippen molar-refractivity contribution in [2.24, 2.45) is 5.10 Å². The van der Waals surface area contributed by atoms with Crippen LogP contribution in [0.4, 0.5) is 16.4 Å². The van der Waals surface area contributed by atoms with Gasteiger partial charge in [-0.05, 0) is 30.3 Å². The fourth-order valence-corrected chi connectivity index (χ4v) is 1.48. The first-order valence-electron chi connectivity index (χ1n) is 5.64. The Labute approximate surface area is 123 Å². The summed E-state index contributed by atoms with van der Waals surface area (Å²) in [4.78, 5) is 21.2. The van der Waals surface area contributed by atoms with Crippen molar-refractivity contribution in [2.75, 3.05) is 5.32 Å². The highest BCUT2D eigenvalue weighted by Crippen LogP contribution is 2.14. The number of carbonyl (C=O) groups excluding carboxylic acids is 1. The Bertz CT molecular complexity index is 681. The molecule has 1 heterocycles. The minimum Gasteiger partial charge on any atom is -0.400 e. The van der Waals surface area contributed by atoms with Gasteiger partial charge in [0, 0.05) is 10.7 Å². The van der Waals surface area contributed by atoms with Crippen LogP contribution in [0.3, 0.4) is 0 Å². The lowest BCUT2D eigenvalue weighted by Gasteiger charge is -2.03. The van der Waals surface area contributed by atoms with Gasteiger partial charge in [-0.3, -0.25) is 10.1 Å². The summed E-state index contributed by atoms with van der Waals surface area (Å²) in [5.41, 5.74) is 2.73. The Morgan fingerprint density at radius 1 is 1.29 bits per heavy atom. The molecule has 8 nitrogen and oxygen atoms in total. The van der Waals surface area contributed by atoms with Gasteiger partial charge in [-0.2, -0.15) is 5.10 Å². The molecule has 2 rings (SSSR count). The molecule has 2 N–H and O–H groups in total.